The van der Waals surface area contributed by atoms with Crippen LogP contribution in [0.4, 0.5) is 0 Å². The molecular weight excluding hydrogens is 298 g/mol. The van der Waals surface area contributed by atoms with Crippen molar-refractivity contribution in [2.45, 2.75) is 19.4 Å². The van der Waals surface area contributed by atoms with Gasteiger partial charge in [-0.2, -0.15) is 0 Å². The second kappa shape index (κ2) is 6.20. The topological polar surface area (TPSA) is 47.6 Å². The van der Waals surface area contributed by atoms with Gasteiger partial charge in [0.15, 0.2) is 0 Å². The Morgan fingerprint density at radius 1 is 1.61 bits per heavy atom. The number of hydrogen-bond donors (Lipinski definition) is 1. The first-order chi connectivity index (χ1) is 8.70. The first-order valence-electron chi connectivity index (χ1n) is 6.02. The minimum absolute atomic E-state index is 0.135. The highest BCUT2D eigenvalue weighted by atomic mass is 79.9. The second-order valence-electron chi connectivity index (χ2n) is 4.06. The van der Waals surface area contributed by atoms with E-state index in [0.717, 1.165) is 22.2 Å². The van der Waals surface area contributed by atoms with E-state index in [0.29, 0.717) is 13.2 Å². The van der Waals surface area contributed by atoms with Gasteiger partial charge in [0, 0.05) is 22.5 Å². The number of fused-ring (bicyclic) bond motifs is 1. The van der Waals surface area contributed by atoms with E-state index in [-0.39, 0.29) is 18.6 Å². The number of hydrogen-bond acceptors (Lipinski definition) is 4. The predicted octanol–water partition coefficient (Wildman–Crippen LogP) is 2.43. The van der Waals surface area contributed by atoms with Crippen molar-refractivity contribution >= 4 is 21.9 Å². The average Bonchev–Trinajstić information content (AvgIpc) is 2.36. The van der Waals surface area contributed by atoms with Crippen molar-refractivity contribution in [3.05, 3.63) is 28.2 Å². The van der Waals surface area contributed by atoms with Crippen LogP contribution in [0.3, 0.4) is 0 Å². The number of ether oxygens (including phenoxy) is 2. The van der Waals surface area contributed by atoms with Gasteiger partial charge in [-0.3, -0.25) is 10.1 Å². The molecule has 0 fully saturated rings. The number of rotatable bonds is 4. The first-order valence-corrected chi connectivity index (χ1v) is 6.81. The molecule has 1 aliphatic rings. The summed E-state index contributed by atoms with van der Waals surface area (Å²) in [4.78, 5) is 11.3. The lowest BCUT2D eigenvalue weighted by Gasteiger charge is -2.26. The first kappa shape index (κ1) is 13.4. The summed E-state index contributed by atoms with van der Waals surface area (Å²) in [5.41, 5.74) is 1.08. The van der Waals surface area contributed by atoms with Crippen molar-refractivity contribution in [3.8, 4) is 5.75 Å². The summed E-state index contributed by atoms with van der Waals surface area (Å²) in [7, 11) is 0. The Morgan fingerprint density at radius 3 is 3.22 bits per heavy atom. The van der Waals surface area contributed by atoms with E-state index in [4.69, 9.17) is 9.47 Å². The molecule has 18 heavy (non-hydrogen) atoms. The third-order valence-corrected chi connectivity index (χ3v) is 3.30. The van der Waals surface area contributed by atoms with Crippen LogP contribution in [0.1, 0.15) is 24.9 Å². The van der Waals surface area contributed by atoms with Gasteiger partial charge < -0.3 is 9.47 Å². The molecule has 98 valence electrons. The minimum atomic E-state index is -0.222. The van der Waals surface area contributed by atoms with Crippen molar-refractivity contribution in [2.75, 3.05) is 19.8 Å². The van der Waals surface area contributed by atoms with Crippen LogP contribution in [0.25, 0.3) is 0 Å². The molecule has 2 rings (SSSR count). The molecular formula is C13H16BrNO3. The standard InChI is InChI=1S/C13H16BrNO3/c1-2-17-13(16)8-15-11-5-6-18-12-4-3-9(14)7-10(11)12/h3-4,7,11,15H,2,5-6,8H2,1H3. The molecule has 0 saturated carbocycles. The maximum absolute atomic E-state index is 11.3. The normalized spacial score (nSPS) is 17.8. The number of nitrogens with one attached hydrogen (secondary N) is 1. The Bertz CT molecular complexity index is 436. The Morgan fingerprint density at radius 2 is 2.44 bits per heavy atom. The SMILES string of the molecule is CCOC(=O)CNC1CCOc2ccc(Br)cc21. The van der Waals surface area contributed by atoms with E-state index in [1.54, 1.807) is 6.92 Å². The van der Waals surface area contributed by atoms with Gasteiger partial charge in [-0.05, 0) is 25.1 Å². The van der Waals surface area contributed by atoms with Crippen LogP contribution in [0.5, 0.6) is 5.75 Å². The summed E-state index contributed by atoms with van der Waals surface area (Å²) >= 11 is 3.45. The molecule has 1 N–H and O–H groups in total. The fourth-order valence-electron chi connectivity index (χ4n) is 2.00. The van der Waals surface area contributed by atoms with Gasteiger partial charge in [0.25, 0.3) is 0 Å². The van der Waals surface area contributed by atoms with Crippen LogP contribution >= 0.6 is 15.9 Å². The quantitative estimate of drug-likeness (QED) is 0.867. The monoisotopic (exact) mass is 313 g/mol. The van der Waals surface area contributed by atoms with Gasteiger partial charge >= 0.3 is 5.97 Å². The number of carbonyl (C=O) groups is 1. The van der Waals surface area contributed by atoms with Gasteiger partial charge in [0.05, 0.1) is 19.8 Å². The van der Waals surface area contributed by atoms with Crippen LogP contribution in [0.15, 0.2) is 22.7 Å². The van der Waals surface area contributed by atoms with E-state index in [1.165, 1.54) is 0 Å². The maximum Gasteiger partial charge on any atom is 0.319 e. The van der Waals surface area contributed by atoms with E-state index < -0.39 is 0 Å². The third kappa shape index (κ3) is 3.23. The molecule has 1 aromatic carbocycles. The lowest BCUT2D eigenvalue weighted by molar-refractivity contribution is -0.142. The maximum atomic E-state index is 11.3. The van der Waals surface area contributed by atoms with Gasteiger partial charge in [-0.1, -0.05) is 15.9 Å². The zero-order valence-corrected chi connectivity index (χ0v) is 11.8. The number of benzene rings is 1. The van der Waals surface area contributed by atoms with E-state index in [2.05, 4.69) is 21.2 Å². The molecule has 0 radical (unpaired) electrons. The summed E-state index contributed by atoms with van der Waals surface area (Å²) in [6, 6.07) is 6.05. The smallest absolute Gasteiger partial charge is 0.319 e. The number of esters is 1. The van der Waals surface area contributed by atoms with Crippen LogP contribution in [-0.2, 0) is 9.53 Å². The van der Waals surface area contributed by atoms with Crippen molar-refractivity contribution in [1.82, 2.24) is 5.32 Å². The van der Waals surface area contributed by atoms with Crippen LogP contribution in [0, 0.1) is 0 Å². The van der Waals surface area contributed by atoms with Crippen molar-refractivity contribution in [2.24, 2.45) is 0 Å². The molecule has 0 amide bonds. The lowest BCUT2D eigenvalue weighted by Crippen LogP contribution is -2.32. The molecule has 5 heteroatoms. The van der Waals surface area contributed by atoms with Crippen LogP contribution in [-0.4, -0.2) is 25.7 Å². The highest BCUT2D eigenvalue weighted by molar-refractivity contribution is 9.10. The minimum Gasteiger partial charge on any atom is -0.493 e. The summed E-state index contributed by atoms with van der Waals surface area (Å²) in [6.07, 6.45) is 0.850. The van der Waals surface area contributed by atoms with Gasteiger partial charge in [-0.25, -0.2) is 0 Å². The van der Waals surface area contributed by atoms with E-state index >= 15 is 0 Å². The molecule has 1 atom stereocenters. The molecule has 0 aliphatic carbocycles. The molecule has 1 aromatic rings. The number of carbonyl (C=O) groups excluding carboxylic acids is 1. The largest absolute Gasteiger partial charge is 0.493 e. The van der Waals surface area contributed by atoms with Crippen molar-refractivity contribution in [1.29, 1.82) is 0 Å². The molecule has 1 unspecified atom stereocenters. The molecule has 0 bridgehead atoms. The molecule has 1 aliphatic heterocycles. The fraction of sp³-hybridized carbons (Fsp3) is 0.462. The molecule has 0 aromatic heterocycles. The molecule has 0 spiro atoms. The summed E-state index contributed by atoms with van der Waals surface area (Å²) in [5, 5.41) is 3.21. The Balaban J connectivity index is 2.03. The Hall–Kier alpha value is -1.07. The van der Waals surface area contributed by atoms with Gasteiger partial charge in [0.1, 0.15) is 5.75 Å². The Labute approximate surface area is 115 Å². The third-order valence-electron chi connectivity index (χ3n) is 2.81. The molecule has 0 saturated heterocycles. The van der Waals surface area contributed by atoms with E-state index in [9.17, 15) is 4.79 Å². The van der Waals surface area contributed by atoms with Gasteiger partial charge in [-0.15, -0.1) is 0 Å². The molecule has 1 heterocycles. The predicted molar refractivity (Wildman–Crippen MR) is 71.6 cm³/mol. The Kier molecular flexibility index (Phi) is 4.60. The fourth-order valence-corrected chi connectivity index (χ4v) is 2.37. The zero-order valence-electron chi connectivity index (χ0n) is 10.2. The lowest BCUT2D eigenvalue weighted by atomic mass is 10.0. The highest BCUT2D eigenvalue weighted by Crippen LogP contribution is 2.33. The number of halogens is 1. The highest BCUT2D eigenvalue weighted by Gasteiger charge is 2.22. The van der Waals surface area contributed by atoms with Crippen LogP contribution in [0.2, 0.25) is 0 Å². The summed E-state index contributed by atoms with van der Waals surface area (Å²) in [6.45, 7) is 3.11. The van der Waals surface area contributed by atoms with Crippen molar-refractivity contribution in [3.63, 3.8) is 0 Å². The summed E-state index contributed by atoms with van der Waals surface area (Å²) in [5.74, 6) is 0.659. The van der Waals surface area contributed by atoms with Crippen molar-refractivity contribution < 1.29 is 14.3 Å². The van der Waals surface area contributed by atoms with E-state index in [1.807, 2.05) is 18.2 Å². The average molecular weight is 314 g/mol. The zero-order chi connectivity index (χ0) is 13.0. The second-order valence-corrected chi connectivity index (χ2v) is 4.97. The van der Waals surface area contributed by atoms with Gasteiger partial charge in [0.2, 0.25) is 0 Å². The van der Waals surface area contributed by atoms with Crippen LogP contribution < -0.4 is 10.1 Å². The summed E-state index contributed by atoms with van der Waals surface area (Å²) < 4.78 is 11.5. The molecule has 4 nitrogen and oxygen atoms in total.